The lowest BCUT2D eigenvalue weighted by Crippen LogP contribution is -1.73. The van der Waals surface area contributed by atoms with E-state index in [0.717, 1.165) is 14.8 Å². The van der Waals surface area contributed by atoms with Crippen molar-refractivity contribution >= 4 is 43.1 Å². The molecular formula is C10H11NS3. The van der Waals surface area contributed by atoms with Crippen LogP contribution >= 0.6 is 32.9 Å². The maximum atomic E-state index is 4.54. The van der Waals surface area contributed by atoms with Crippen molar-refractivity contribution in [3.05, 3.63) is 35.7 Å². The van der Waals surface area contributed by atoms with Gasteiger partial charge in [-0.05, 0) is 24.0 Å². The number of rotatable bonds is 2. The van der Waals surface area contributed by atoms with Crippen LogP contribution in [0.3, 0.4) is 0 Å². The van der Waals surface area contributed by atoms with Gasteiger partial charge in [0.05, 0.1) is 10.2 Å². The molecule has 1 heterocycles. The highest BCUT2D eigenvalue weighted by Gasteiger charge is 2.08. The van der Waals surface area contributed by atoms with E-state index in [9.17, 15) is 0 Å². The van der Waals surface area contributed by atoms with Gasteiger partial charge in [0.2, 0.25) is 0 Å². The van der Waals surface area contributed by atoms with Crippen LogP contribution in [0, 0.1) is 0 Å². The number of hydrogen-bond acceptors (Lipinski definition) is 3. The second-order valence-electron chi connectivity index (χ2n) is 3.01. The first kappa shape index (κ1) is 10.1. The number of aromatic nitrogens is 1. The summed E-state index contributed by atoms with van der Waals surface area (Å²) in [5, 5.41) is 0. The van der Waals surface area contributed by atoms with Crippen molar-refractivity contribution < 1.29 is 0 Å². The molecule has 0 amide bonds. The maximum absolute atomic E-state index is 4.54. The third kappa shape index (κ3) is 1.82. The molecule has 4 heteroatoms. The summed E-state index contributed by atoms with van der Waals surface area (Å²) in [4.78, 5) is 5.64. The lowest BCUT2D eigenvalue weighted by Gasteiger charge is -2.09. The van der Waals surface area contributed by atoms with E-state index in [2.05, 4.69) is 29.3 Å². The quantitative estimate of drug-likeness (QED) is 0.598. The van der Waals surface area contributed by atoms with E-state index < -0.39 is 9.93 Å². The van der Waals surface area contributed by atoms with Crippen molar-refractivity contribution in [2.24, 2.45) is 0 Å². The number of allylic oxidation sites excluding steroid dienone is 1. The molecule has 0 bridgehead atoms. The maximum Gasteiger partial charge on any atom is 0.143 e. The Hall–Kier alpha value is -0.450. The van der Waals surface area contributed by atoms with Crippen LogP contribution in [0.25, 0.3) is 10.2 Å². The van der Waals surface area contributed by atoms with Gasteiger partial charge >= 0.3 is 0 Å². The van der Waals surface area contributed by atoms with Crippen LogP contribution in [0.1, 0.15) is 6.92 Å². The fourth-order valence-corrected chi connectivity index (χ4v) is 3.96. The summed E-state index contributed by atoms with van der Waals surface area (Å²) in [7, 11) is -0.574. The zero-order chi connectivity index (χ0) is 10.1. The largest absolute Gasteiger partial charge is 0.230 e. The third-order valence-electron chi connectivity index (χ3n) is 1.83. The summed E-state index contributed by atoms with van der Waals surface area (Å²) in [6, 6.07) is 8.16. The van der Waals surface area contributed by atoms with E-state index in [1.165, 1.54) is 4.70 Å². The molecule has 2 aromatic rings. The number of benzene rings is 1. The zero-order valence-corrected chi connectivity index (χ0v) is 10.4. The summed E-state index contributed by atoms with van der Waals surface area (Å²) < 4.78 is 2.32. The predicted octanol–water partition coefficient (Wildman–Crippen LogP) is 4.03. The fraction of sp³-hybridized carbons (Fsp3) is 0.100. The van der Waals surface area contributed by atoms with Gasteiger partial charge < -0.3 is 0 Å². The van der Waals surface area contributed by atoms with Crippen molar-refractivity contribution in [3.63, 3.8) is 0 Å². The van der Waals surface area contributed by atoms with E-state index in [1.807, 2.05) is 25.1 Å². The van der Waals surface area contributed by atoms with Crippen molar-refractivity contribution in [2.75, 3.05) is 0 Å². The van der Waals surface area contributed by atoms with Crippen LogP contribution in [0.4, 0.5) is 0 Å². The molecule has 1 aromatic carbocycles. The highest BCUT2D eigenvalue weighted by molar-refractivity contribution is 8.80. The number of fused-ring (bicyclic) bond motifs is 1. The first-order chi connectivity index (χ1) is 6.68. The minimum Gasteiger partial charge on any atom is -0.230 e. The number of nitrogens with zero attached hydrogens (tertiary/aromatic N) is 1. The van der Waals surface area contributed by atoms with Crippen molar-refractivity contribution in [3.8, 4) is 0 Å². The molecule has 14 heavy (non-hydrogen) atoms. The van der Waals surface area contributed by atoms with Gasteiger partial charge in [-0.15, -0.1) is 32.9 Å². The number of para-hydroxylation sites is 1. The highest BCUT2D eigenvalue weighted by Crippen LogP contribution is 2.49. The molecule has 0 aliphatic carbocycles. The van der Waals surface area contributed by atoms with Gasteiger partial charge in [0, 0.05) is 0 Å². The van der Waals surface area contributed by atoms with E-state index in [4.69, 9.17) is 0 Å². The van der Waals surface area contributed by atoms with E-state index in [0.29, 0.717) is 0 Å². The van der Waals surface area contributed by atoms with Crippen LogP contribution in [-0.2, 0) is 0 Å². The third-order valence-corrected chi connectivity index (χ3v) is 6.67. The molecule has 0 radical (unpaired) electrons. The monoisotopic (exact) mass is 241 g/mol. The average Bonchev–Trinajstić information content (AvgIpc) is 2.59. The molecule has 2 rings (SSSR count). The van der Waals surface area contributed by atoms with E-state index in [1.54, 1.807) is 11.3 Å². The topological polar surface area (TPSA) is 12.9 Å². The average molecular weight is 241 g/mol. The Morgan fingerprint density at radius 3 is 2.86 bits per heavy atom. The zero-order valence-electron chi connectivity index (χ0n) is 7.77. The van der Waals surface area contributed by atoms with Gasteiger partial charge in [0.1, 0.15) is 4.34 Å². The van der Waals surface area contributed by atoms with Crippen LogP contribution < -0.4 is 0 Å². The van der Waals surface area contributed by atoms with Crippen LogP contribution in [0.5, 0.6) is 0 Å². The van der Waals surface area contributed by atoms with Crippen LogP contribution in [-0.4, -0.2) is 4.98 Å². The molecule has 74 valence electrons. The van der Waals surface area contributed by atoms with Gasteiger partial charge in [-0.3, -0.25) is 0 Å². The molecule has 0 fully saturated rings. The van der Waals surface area contributed by atoms with Gasteiger partial charge in [-0.2, -0.15) is 0 Å². The van der Waals surface area contributed by atoms with Crippen LogP contribution in [0.15, 0.2) is 40.1 Å². The Kier molecular flexibility index (Phi) is 2.85. The Morgan fingerprint density at radius 2 is 2.21 bits per heavy atom. The van der Waals surface area contributed by atoms with E-state index in [-0.39, 0.29) is 0 Å². The molecule has 1 unspecified atom stereocenters. The normalized spacial score (nSPS) is 14.3. The lowest BCUT2D eigenvalue weighted by molar-refractivity contribution is 1.30. The Bertz CT molecular complexity index is 442. The predicted molar refractivity (Wildman–Crippen MR) is 70.7 cm³/mol. The molecule has 1 atom stereocenters. The first-order valence-corrected chi connectivity index (χ1v) is 7.49. The second-order valence-corrected chi connectivity index (χ2v) is 7.36. The standard InChI is InChI=1S/C10H11NS3/c1-7(2)14(12)10-11-8-5-3-4-6-9(8)13-10/h3-6,12,14H,1H2,2H3. The van der Waals surface area contributed by atoms with E-state index >= 15 is 0 Å². The lowest BCUT2D eigenvalue weighted by atomic mass is 10.3. The highest BCUT2D eigenvalue weighted by atomic mass is 33.1. The van der Waals surface area contributed by atoms with Crippen molar-refractivity contribution in [1.82, 2.24) is 4.98 Å². The summed E-state index contributed by atoms with van der Waals surface area (Å²) >= 11 is 6.25. The molecular weight excluding hydrogens is 230 g/mol. The Balaban J connectivity index is 2.50. The molecule has 0 aliphatic heterocycles. The SMILES string of the molecule is C=C(C)[SH](S)c1nc2ccccc2s1. The smallest absolute Gasteiger partial charge is 0.143 e. The molecule has 0 aliphatic rings. The van der Waals surface area contributed by atoms with Gasteiger partial charge in [-0.25, -0.2) is 4.98 Å². The summed E-state index contributed by atoms with van der Waals surface area (Å²) in [6.07, 6.45) is 0. The number of thiazole rings is 1. The van der Waals surface area contributed by atoms with Gasteiger partial charge in [0.25, 0.3) is 0 Å². The fourth-order valence-electron chi connectivity index (χ4n) is 1.11. The summed E-state index contributed by atoms with van der Waals surface area (Å²) in [5.74, 6) is 0. The molecule has 1 aromatic heterocycles. The molecule has 0 saturated carbocycles. The Labute approximate surface area is 95.0 Å². The molecule has 0 saturated heterocycles. The minimum atomic E-state index is -0.574. The van der Waals surface area contributed by atoms with Gasteiger partial charge in [0.15, 0.2) is 0 Å². The molecule has 0 N–H and O–H groups in total. The van der Waals surface area contributed by atoms with Crippen molar-refractivity contribution in [1.29, 1.82) is 0 Å². The van der Waals surface area contributed by atoms with Gasteiger partial charge in [-0.1, -0.05) is 18.7 Å². The molecule has 0 spiro atoms. The molecule has 1 nitrogen and oxygen atoms in total. The van der Waals surface area contributed by atoms with Crippen molar-refractivity contribution in [2.45, 2.75) is 11.3 Å². The Morgan fingerprint density at radius 1 is 1.50 bits per heavy atom. The second kappa shape index (κ2) is 3.96. The number of hydrogen-bond donors (Lipinski definition) is 2. The summed E-state index contributed by atoms with van der Waals surface area (Å²) in [6.45, 7) is 5.93. The number of thiol groups is 2. The van der Waals surface area contributed by atoms with Crippen LogP contribution in [0.2, 0.25) is 0 Å². The first-order valence-electron chi connectivity index (χ1n) is 4.18. The minimum absolute atomic E-state index is 0.574. The summed E-state index contributed by atoms with van der Waals surface area (Å²) in [5.41, 5.74) is 1.07.